The normalized spacial score (nSPS) is 13.2. The average molecular weight is 263 g/mol. The first-order valence-corrected chi connectivity index (χ1v) is 6.02. The molecule has 0 saturated heterocycles. The predicted octanol–water partition coefficient (Wildman–Crippen LogP) is 2.38. The van der Waals surface area contributed by atoms with E-state index in [1.54, 1.807) is 11.3 Å². The van der Waals surface area contributed by atoms with Gasteiger partial charge in [0.15, 0.2) is 0 Å². The molecule has 1 atom stereocenters. The molecule has 0 amide bonds. The summed E-state index contributed by atoms with van der Waals surface area (Å²) in [6, 6.07) is 4.68. The molecule has 1 heterocycles. The molecule has 1 rings (SSSR count). The summed E-state index contributed by atoms with van der Waals surface area (Å²) in [4.78, 5) is 1.37. The van der Waals surface area contributed by atoms with E-state index < -0.39 is 0 Å². The third-order valence-corrected chi connectivity index (χ3v) is 3.62. The van der Waals surface area contributed by atoms with Crippen molar-refractivity contribution in [3.05, 3.63) is 20.8 Å². The Kier molecular flexibility index (Phi) is 4.94. The van der Waals surface area contributed by atoms with Crippen LogP contribution in [0.3, 0.4) is 0 Å². The van der Waals surface area contributed by atoms with E-state index in [0.29, 0.717) is 6.04 Å². The maximum absolute atomic E-state index is 3.47. The molecule has 4 heteroatoms. The summed E-state index contributed by atoms with van der Waals surface area (Å²) in [5.41, 5.74) is 0. The topological polar surface area (TPSA) is 24.1 Å². The zero-order valence-electron chi connectivity index (χ0n) is 7.93. The van der Waals surface area contributed by atoms with Gasteiger partial charge >= 0.3 is 0 Å². The molecule has 0 spiro atoms. The highest BCUT2D eigenvalue weighted by atomic mass is 79.9. The lowest BCUT2D eigenvalue weighted by Gasteiger charge is -2.14. The minimum Gasteiger partial charge on any atom is -0.315 e. The molecule has 0 bridgehead atoms. The van der Waals surface area contributed by atoms with Gasteiger partial charge in [-0.15, -0.1) is 11.3 Å². The van der Waals surface area contributed by atoms with Crippen LogP contribution in [0.2, 0.25) is 0 Å². The lowest BCUT2D eigenvalue weighted by atomic mass is 10.2. The molecule has 0 fully saturated rings. The molecule has 2 N–H and O–H groups in total. The van der Waals surface area contributed by atoms with Crippen molar-refractivity contribution in [3.8, 4) is 0 Å². The highest BCUT2D eigenvalue weighted by Gasteiger charge is 2.09. The lowest BCUT2D eigenvalue weighted by Crippen LogP contribution is -2.28. The fourth-order valence-corrected chi connectivity index (χ4v) is 2.68. The number of likely N-dealkylation sites (N-methyl/N-ethyl adjacent to an activating group) is 2. The van der Waals surface area contributed by atoms with Gasteiger partial charge in [-0.25, -0.2) is 0 Å². The second-order valence-electron chi connectivity index (χ2n) is 2.79. The second kappa shape index (κ2) is 5.75. The monoisotopic (exact) mass is 262 g/mol. The zero-order chi connectivity index (χ0) is 9.68. The van der Waals surface area contributed by atoms with Gasteiger partial charge in [0.1, 0.15) is 0 Å². The summed E-state index contributed by atoms with van der Waals surface area (Å²) in [7, 11) is 2.00. The predicted molar refractivity (Wildman–Crippen MR) is 62.4 cm³/mol. The fraction of sp³-hybridized carbons (Fsp3) is 0.556. The highest BCUT2D eigenvalue weighted by molar-refractivity contribution is 9.11. The van der Waals surface area contributed by atoms with Crippen LogP contribution in [0.1, 0.15) is 17.8 Å². The van der Waals surface area contributed by atoms with Crippen LogP contribution in [0.5, 0.6) is 0 Å². The molecule has 0 aliphatic rings. The summed E-state index contributed by atoms with van der Waals surface area (Å²) in [6.45, 7) is 4.13. The standard InChI is InChI=1S/C9H15BrN2S/c1-3-12-6-7(11-2)8-4-5-9(10)13-8/h4-5,7,11-12H,3,6H2,1-2H3. The SMILES string of the molecule is CCNCC(NC)c1ccc(Br)s1. The molecule has 1 aromatic rings. The Morgan fingerprint density at radius 1 is 1.54 bits per heavy atom. The minimum absolute atomic E-state index is 0.427. The van der Waals surface area contributed by atoms with Crippen molar-refractivity contribution in [2.45, 2.75) is 13.0 Å². The van der Waals surface area contributed by atoms with Crippen LogP contribution in [0, 0.1) is 0 Å². The molecule has 0 aliphatic carbocycles. The average Bonchev–Trinajstić information content (AvgIpc) is 2.54. The van der Waals surface area contributed by atoms with E-state index in [-0.39, 0.29) is 0 Å². The van der Waals surface area contributed by atoms with E-state index >= 15 is 0 Å². The van der Waals surface area contributed by atoms with Crippen LogP contribution >= 0.6 is 27.3 Å². The molecule has 74 valence electrons. The Hall–Kier alpha value is 0.1000. The van der Waals surface area contributed by atoms with Crippen LogP contribution in [0.4, 0.5) is 0 Å². The molecule has 0 aliphatic heterocycles. The van der Waals surface area contributed by atoms with Crippen LogP contribution in [0.15, 0.2) is 15.9 Å². The summed E-state index contributed by atoms with van der Waals surface area (Å²) in [5, 5.41) is 6.63. The Morgan fingerprint density at radius 3 is 2.77 bits per heavy atom. The third kappa shape index (κ3) is 3.38. The Labute approximate surface area is 91.9 Å². The smallest absolute Gasteiger partial charge is 0.0702 e. The van der Waals surface area contributed by atoms with Crippen LogP contribution in [0.25, 0.3) is 0 Å². The van der Waals surface area contributed by atoms with Gasteiger partial charge in [-0.05, 0) is 41.7 Å². The molecule has 13 heavy (non-hydrogen) atoms. The van der Waals surface area contributed by atoms with Crippen LogP contribution in [-0.2, 0) is 0 Å². The number of thiophene rings is 1. The van der Waals surface area contributed by atoms with Gasteiger partial charge in [0.05, 0.1) is 9.83 Å². The van der Waals surface area contributed by atoms with Crippen molar-refractivity contribution in [1.82, 2.24) is 10.6 Å². The first kappa shape index (κ1) is 11.2. The van der Waals surface area contributed by atoms with E-state index in [1.165, 1.54) is 8.66 Å². The second-order valence-corrected chi connectivity index (χ2v) is 5.29. The van der Waals surface area contributed by atoms with Gasteiger partial charge in [0.2, 0.25) is 0 Å². The number of halogens is 1. The third-order valence-electron chi connectivity index (χ3n) is 1.88. The van der Waals surface area contributed by atoms with Crippen molar-refractivity contribution in [3.63, 3.8) is 0 Å². The molecule has 1 unspecified atom stereocenters. The van der Waals surface area contributed by atoms with Crippen molar-refractivity contribution < 1.29 is 0 Å². The van der Waals surface area contributed by atoms with Crippen LogP contribution < -0.4 is 10.6 Å². The molecule has 2 nitrogen and oxygen atoms in total. The van der Waals surface area contributed by atoms with Gasteiger partial charge in [0, 0.05) is 11.4 Å². The summed E-state index contributed by atoms with van der Waals surface area (Å²) < 4.78 is 1.19. The van der Waals surface area contributed by atoms with Crippen molar-refractivity contribution in [2.75, 3.05) is 20.1 Å². The highest BCUT2D eigenvalue weighted by Crippen LogP contribution is 2.26. The van der Waals surface area contributed by atoms with E-state index in [1.807, 2.05) is 7.05 Å². The van der Waals surface area contributed by atoms with Gasteiger partial charge < -0.3 is 10.6 Å². The number of hydrogen-bond donors (Lipinski definition) is 2. The van der Waals surface area contributed by atoms with E-state index in [9.17, 15) is 0 Å². The van der Waals surface area contributed by atoms with Gasteiger partial charge in [0.25, 0.3) is 0 Å². The summed E-state index contributed by atoms with van der Waals surface area (Å²) in [5.74, 6) is 0. The quantitative estimate of drug-likeness (QED) is 0.852. The van der Waals surface area contributed by atoms with E-state index in [4.69, 9.17) is 0 Å². The zero-order valence-corrected chi connectivity index (χ0v) is 10.3. The van der Waals surface area contributed by atoms with Gasteiger partial charge in [-0.1, -0.05) is 6.92 Å². The first-order chi connectivity index (χ1) is 6.27. The molecular weight excluding hydrogens is 248 g/mol. The minimum atomic E-state index is 0.427. The summed E-state index contributed by atoms with van der Waals surface area (Å²) >= 11 is 5.25. The van der Waals surface area contributed by atoms with Crippen molar-refractivity contribution in [1.29, 1.82) is 0 Å². The van der Waals surface area contributed by atoms with Gasteiger partial charge in [-0.3, -0.25) is 0 Å². The Balaban J connectivity index is 2.56. The fourth-order valence-electron chi connectivity index (χ4n) is 1.15. The lowest BCUT2D eigenvalue weighted by molar-refractivity contribution is 0.545. The van der Waals surface area contributed by atoms with Crippen molar-refractivity contribution >= 4 is 27.3 Å². The number of nitrogens with one attached hydrogen (secondary N) is 2. The van der Waals surface area contributed by atoms with Crippen molar-refractivity contribution in [2.24, 2.45) is 0 Å². The Bertz CT molecular complexity index is 250. The molecule has 0 radical (unpaired) electrons. The molecule has 0 aromatic carbocycles. The van der Waals surface area contributed by atoms with Gasteiger partial charge in [-0.2, -0.15) is 0 Å². The van der Waals surface area contributed by atoms with E-state index in [2.05, 4.69) is 45.6 Å². The number of hydrogen-bond acceptors (Lipinski definition) is 3. The maximum Gasteiger partial charge on any atom is 0.0702 e. The largest absolute Gasteiger partial charge is 0.315 e. The molecule has 1 aromatic heterocycles. The van der Waals surface area contributed by atoms with Crippen LogP contribution in [-0.4, -0.2) is 20.1 Å². The summed E-state index contributed by atoms with van der Waals surface area (Å²) in [6.07, 6.45) is 0. The van der Waals surface area contributed by atoms with E-state index in [0.717, 1.165) is 13.1 Å². The molecule has 0 saturated carbocycles. The molecular formula is C9H15BrN2S. The number of rotatable bonds is 5. The Morgan fingerprint density at radius 2 is 2.31 bits per heavy atom. The maximum atomic E-state index is 3.47. The first-order valence-electron chi connectivity index (χ1n) is 4.41.